The Labute approximate surface area is 168 Å². The second-order valence-corrected chi connectivity index (χ2v) is 6.83. The molecule has 1 saturated heterocycles. The maximum atomic E-state index is 12.8. The third kappa shape index (κ3) is 4.36. The zero-order valence-corrected chi connectivity index (χ0v) is 16.5. The lowest BCUT2D eigenvalue weighted by Crippen LogP contribution is -2.40. The van der Waals surface area contributed by atoms with E-state index in [4.69, 9.17) is 21.1 Å². The van der Waals surface area contributed by atoms with Crippen LogP contribution in [-0.4, -0.2) is 49.0 Å². The van der Waals surface area contributed by atoms with E-state index in [1.165, 1.54) is 12.3 Å². The number of benzene rings is 1. The Kier molecular flexibility index (Phi) is 6.36. The van der Waals surface area contributed by atoms with E-state index >= 15 is 0 Å². The van der Waals surface area contributed by atoms with Gasteiger partial charge in [0.2, 0.25) is 5.91 Å². The van der Waals surface area contributed by atoms with Crippen molar-refractivity contribution >= 4 is 23.4 Å². The number of nitrogens with zero attached hydrogens (tertiary/aromatic N) is 2. The molecule has 8 heteroatoms. The molecule has 2 aromatic rings. The molecule has 1 fully saturated rings. The first-order valence-corrected chi connectivity index (χ1v) is 9.32. The molecule has 2 amide bonds. The van der Waals surface area contributed by atoms with Crippen LogP contribution in [0.1, 0.15) is 34.9 Å². The van der Waals surface area contributed by atoms with Gasteiger partial charge in [-0.05, 0) is 43.2 Å². The predicted molar refractivity (Wildman–Crippen MR) is 105 cm³/mol. The van der Waals surface area contributed by atoms with E-state index in [1.807, 2.05) is 18.2 Å². The number of ether oxygens (including phenoxy) is 2. The first kappa shape index (κ1) is 19.9. The van der Waals surface area contributed by atoms with Crippen molar-refractivity contribution in [3.05, 3.63) is 52.8 Å². The van der Waals surface area contributed by atoms with Crippen LogP contribution in [0.25, 0.3) is 0 Å². The second kappa shape index (κ2) is 8.93. The van der Waals surface area contributed by atoms with Crippen LogP contribution in [0.2, 0.25) is 5.02 Å². The van der Waals surface area contributed by atoms with E-state index in [0.717, 1.165) is 18.4 Å². The molecule has 148 valence electrons. The normalized spacial score (nSPS) is 16.0. The summed E-state index contributed by atoms with van der Waals surface area (Å²) in [5.41, 5.74) is 1.07. The Morgan fingerprint density at radius 2 is 2.07 bits per heavy atom. The molecule has 2 heterocycles. The molecule has 1 aromatic carbocycles. The van der Waals surface area contributed by atoms with Crippen molar-refractivity contribution < 1.29 is 19.1 Å². The summed E-state index contributed by atoms with van der Waals surface area (Å²) < 4.78 is 10.8. The summed E-state index contributed by atoms with van der Waals surface area (Å²) in [5.74, 6) is 0.807. The van der Waals surface area contributed by atoms with E-state index in [2.05, 4.69) is 10.3 Å². The van der Waals surface area contributed by atoms with Crippen LogP contribution in [0.15, 0.2) is 36.5 Å². The SMILES string of the molecule is COc1ccc(OC)c([C@@H]2CCCN2C(=O)CNC(=O)c2cc(Cl)ccn2)c1. The fraction of sp³-hybridized carbons (Fsp3) is 0.350. The molecule has 28 heavy (non-hydrogen) atoms. The van der Waals surface area contributed by atoms with Gasteiger partial charge in [-0.15, -0.1) is 0 Å². The van der Waals surface area contributed by atoms with Gasteiger partial charge in [0, 0.05) is 23.3 Å². The Bertz CT molecular complexity index is 874. The van der Waals surface area contributed by atoms with E-state index in [9.17, 15) is 9.59 Å². The highest BCUT2D eigenvalue weighted by atomic mass is 35.5. The van der Waals surface area contributed by atoms with Gasteiger partial charge < -0.3 is 19.7 Å². The van der Waals surface area contributed by atoms with Gasteiger partial charge >= 0.3 is 0 Å². The van der Waals surface area contributed by atoms with Gasteiger partial charge in [0.25, 0.3) is 5.91 Å². The molecule has 0 bridgehead atoms. The van der Waals surface area contributed by atoms with Crippen molar-refractivity contribution in [1.29, 1.82) is 0 Å². The molecule has 0 saturated carbocycles. The molecule has 1 aliphatic rings. The average molecular weight is 404 g/mol. The van der Waals surface area contributed by atoms with E-state index in [-0.39, 0.29) is 24.2 Å². The third-order valence-electron chi connectivity index (χ3n) is 4.72. The molecule has 1 aromatic heterocycles. The van der Waals surface area contributed by atoms with Crippen molar-refractivity contribution in [2.75, 3.05) is 27.3 Å². The highest BCUT2D eigenvalue weighted by Gasteiger charge is 2.32. The van der Waals surface area contributed by atoms with E-state index in [0.29, 0.717) is 23.1 Å². The third-order valence-corrected chi connectivity index (χ3v) is 4.96. The zero-order chi connectivity index (χ0) is 20.1. The number of halogens is 1. The lowest BCUT2D eigenvalue weighted by molar-refractivity contribution is -0.131. The molecule has 3 rings (SSSR count). The van der Waals surface area contributed by atoms with Crippen LogP contribution in [0.4, 0.5) is 0 Å². The summed E-state index contributed by atoms with van der Waals surface area (Å²) >= 11 is 5.88. The van der Waals surface area contributed by atoms with Crippen molar-refractivity contribution in [1.82, 2.24) is 15.2 Å². The number of methoxy groups -OCH3 is 2. The number of amides is 2. The lowest BCUT2D eigenvalue weighted by atomic mass is 10.0. The Hall–Kier alpha value is -2.80. The lowest BCUT2D eigenvalue weighted by Gasteiger charge is -2.26. The quantitative estimate of drug-likeness (QED) is 0.802. The van der Waals surface area contributed by atoms with Crippen LogP contribution in [0, 0.1) is 0 Å². The summed E-state index contributed by atoms with van der Waals surface area (Å²) in [4.78, 5) is 30.7. The average Bonchev–Trinajstić information content (AvgIpc) is 3.21. The molecule has 0 radical (unpaired) electrons. The van der Waals surface area contributed by atoms with Crippen LogP contribution in [0.3, 0.4) is 0 Å². The van der Waals surface area contributed by atoms with Crippen LogP contribution in [-0.2, 0) is 4.79 Å². The standard InChI is InChI=1S/C20H22ClN3O4/c1-27-14-5-6-18(28-2)15(11-14)17-4-3-9-24(17)19(25)12-23-20(26)16-10-13(21)7-8-22-16/h5-8,10-11,17H,3-4,9,12H2,1-2H3,(H,23,26)/t17-/m0/s1. The van der Waals surface area contributed by atoms with Crippen LogP contribution >= 0.6 is 11.6 Å². The molecule has 1 aliphatic heterocycles. The molecule has 0 spiro atoms. The minimum absolute atomic E-state index is 0.115. The number of likely N-dealkylation sites (tertiary alicyclic amines) is 1. The summed E-state index contributed by atoms with van der Waals surface area (Å²) in [6.07, 6.45) is 3.14. The number of nitrogens with one attached hydrogen (secondary N) is 1. The topological polar surface area (TPSA) is 80.8 Å². The van der Waals surface area contributed by atoms with Gasteiger partial charge in [0.05, 0.1) is 26.8 Å². The molecule has 7 nitrogen and oxygen atoms in total. The van der Waals surface area contributed by atoms with Gasteiger partial charge in [-0.2, -0.15) is 0 Å². The number of carbonyl (C=O) groups excluding carboxylic acids is 2. The number of hydrogen-bond donors (Lipinski definition) is 1. The van der Waals surface area contributed by atoms with Crippen molar-refractivity contribution in [3.63, 3.8) is 0 Å². The first-order chi connectivity index (χ1) is 13.5. The maximum Gasteiger partial charge on any atom is 0.270 e. The van der Waals surface area contributed by atoms with Crippen LogP contribution in [0.5, 0.6) is 11.5 Å². The van der Waals surface area contributed by atoms with Gasteiger partial charge in [-0.25, -0.2) is 0 Å². The number of pyridine rings is 1. The molecule has 1 atom stereocenters. The van der Waals surface area contributed by atoms with Crippen molar-refractivity contribution in [2.45, 2.75) is 18.9 Å². The Morgan fingerprint density at radius 1 is 1.25 bits per heavy atom. The Balaban J connectivity index is 1.70. The highest BCUT2D eigenvalue weighted by Crippen LogP contribution is 2.38. The number of carbonyl (C=O) groups is 2. The molecular formula is C20H22ClN3O4. The zero-order valence-electron chi connectivity index (χ0n) is 15.8. The molecule has 0 aliphatic carbocycles. The molecule has 0 unspecified atom stereocenters. The van der Waals surface area contributed by atoms with E-state index in [1.54, 1.807) is 25.2 Å². The van der Waals surface area contributed by atoms with Crippen molar-refractivity contribution in [3.8, 4) is 11.5 Å². The largest absolute Gasteiger partial charge is 0.497 e. The summed E-state index contributed by atoms with van der Waals surface area (Å²) in [6.45, 7) is 0.505. The van der Waals surface area contributed by atoms with Crippen LogP contribution < -0.4 is 14.8 Å². The summed E-state index contributed by atoms with van der Waals surface area (Å²) in [7, 11) is 3.20. The number of hydrogen-bond acceptors (Lipinski definition) is 5. The predicted octanol–water partition coefficient (Wildman–Crippen LogP) is 2.85. The van der Waals surface area contributed by atoms with Gasteiger partial charge in [0.1, 0.15) is 17.2 Å². The minimum Gasteiger partial charge on any atom is -0.497 e. The van der Waals surface area contributed by atoms with Gasteiger partial charge in [-0.1, -0.05) is 11.6 Å². The number of aromatic nitrogens is 1. The highest BCUT2D eigenvalue weighted by molar-refractivity contribution is 6.30. The fourth-order valence-corrected chi connectivity index (χ4v) is 3.53. The monoisotopic (exact) mass is 403 g/mol. The molecule has 1 N–H and O–H groups in total. The smallest absolute Gasteiger partial charge is 0.270 e. The summed E-state index contributed by atoms with van der Waals surface area (Å²) in [6, 6.07) is 8.47. The Morgan fingerprint density at radius 3 is 2.79 bits per heavy atom. The van der Waals surface area contributed by atoms with Crippen molar-refractivity contribution in [2.24, 2.45) is 0 Å². The van der Waals surface area contributed by atoms with Gasteiger partial charge in [-0.3, -0.25) is 14.6 Å². The first-order valence-electron chi connectivity index (χ1n) is 8.94. The molecular weight excluding hydrogens is 382 g/mol. The maximum absolute atomic E-state index is 12.8. The van der Waals surface area contributed by atoms with E-state index < -0.39 is 5.91 Å². The van der Waals surface area contributed by atoms with Gasteiger partial charge in [0.15, 0.2) is 0 Å². The fourth-order valence-electron chi connectivity index (χ4n) is 3.37. The summed E-state index contributed by atoms with van der Waals surface area (Å²) in [5, 5.41) is 3.03. The number of rotatable bonds is 6. The second-order valence-electron chi connectivity index (χ2n) is 6.40. The minimum atomic E-state index is -0.439.